The molecule has 1 aromatic carbocycles. The fourth-order valence-electron chi connectivity index (χ4n) is 2.38. The lowest BCUT2D eigenvalue weighted by molar-refractivity contribution is 0.529. The predicted octanol–water partition coefficient (Wildman–Crippen LogP) is 2.91. The Balaban J connectivity index is 2.03. The summed E-state index contributed by atoms with van der Waals surface area (Å²) in [5.74, 6) is 0.825. The Morgan fingerprint density at radius 2 is 2.19 bits per heavy atom. The summed E-state index contributed by atoms with van der Waals surface area (Å²) in [5, 5.41) is 4.64. The Kier molecular flexibility index (Phi) is 2.37. The molecular weight excluding hydrogens is 196 g/mol. The average molecular weight is 212 g/mol. The third-order valence-corrected chi connectivity index (χ3v) is 3.39. The Bertz CT molecular complexity index is 503. The average Bonchev–Trinajstić information content (AvgIpc) is 3.14. The van der Waals surface area contributed by atoms with Crippen molar-refractivity contribution in [2.45, 2.75) is 18.9 Å². The number of aromatic nitrogens is 1. The minimum absolute atomic E-state index is 0.506. The molecule has 1 saturated carbocycles. The van der Waals surface area contributed by atoms with Crippen LogP contribution >= 0.6 is 0 Å². The third kappa shape index (κ3) is 1.69. The highest BCUT2D eigenvalue weighted by molar-refractivity contribution is 5.79. The van der Waals surface area contributed by atoms with Crippen LogP contribution in [-0.4, -0.2) is 12.0 Å². The first-order valence-corrected chi connectivity index (χ1v) is 5.90. The van der Waals surface area contributed by atoms with Crippen LogP contribution in [0.5, 0.6) is 0 Å². The van der Waals surface area contributed by atoms with E-state index in [0.29, 0.717) is 6.04 Å². The second-order valence-electron chi connectivity index (χ2n) is 4.56. The van der Waals surface area contributed by atoms with E-state index in [1.807, 2.05) is 19.3 Å². The quantitative estimate of drug-likeness (QED) is 0.846. The molecule has 2 nitrogen and oxygen atoms in total. The number of fused-ring (bicyclic) bond motifs is 1. The summed E-state index contributed by atoms with van der Waals surface area (Å²) >= 11 is 0. The van der Waals surface area contributed by atoms with Gasteiger partial charge in [-0.15, -0.1) is 0 Å². The maximum atomic E-state index is 4.41. The third-order valence-electron chi connectivity index (χ3n) is 3.39. The van der Waals surface area contributed by atoms with Crippen molar-refractivity contribution in [2.24, 2.45) is 5.92 Å². The van der Waals surface area contributed by atoms with Crippen LogP contribution in [0.4, 0.5) is 0 Å². The predicted molar refractivity (Wildman–Crippen MR) is 66.3 cm³/mol. The molecule has 82 valence electrons. The number of hydrogen-bond acceptors (Lipinski definition) is 2. The van der Waals surface area contributed by atoms with Crippen molar-refractivity contribution < 1.29 is 0 Å². The van der Waals surface area contributed by atoms with E-state index in [1.165, 1.54) is 23.8 Å². The van der Waals surface area contributed by atoms with E-state index in [1.54, 1.807) is 0 Å². The fraction of sp³-hybridized carbons (Fsp3) is 0.357. The van der Waals surface area contributed by atoms with E-state index in [0.717, 1.165) is 11.4 Å². The zero-order valence-electron chi connectivity index (χ0n) is 9.48. The van der Waals surface area contributed by atoms with Gasteiger partial charge in [0.25, 0.3) is 0 Å². The number of nitrogens with zero attached hydrogens (tertiary/aromatic N) is 1. The van der Waals surface area contributed by atoms with Gasteiger partial charge in [-0.1, -0.05) is 18.2 Å². The van der Waals surface area contributed by atoms with Crippen molar-refractivity contribution in [3.05, 3.63) is 42.1 Å². The van der Waals surface area contributed by atoms with Crippen molar-refractivity contribution in [1.82, 2.24) is 10.3 Å². The van der Waals surface area contributed by atoms with Gasteiger partial charge in [0.1, 0.15) is 0 Å². The molecule has 2 aromatic rings. The van der Waals surface area contributed by atoms with Gasteiger partial charge >= 0.3 is 0 Å². The molecule has 2 heteroatoms. The van der Waals surface area contributed by atoms with E-state index in [9.17, 15) is 0 Å². The lowest BCUT2D eigenvalue weighted by Gasteiger charge is -2.16. The summed E-state index contributed by atoms with van der Waals surface area (Å²) in [6, 6.07) is 11.2. The summed E-state index contributed by atoms with van der Waals surface area (Å²) in [7, 11) is 2.05. The number of benzene rings is 1. The molecule has 0 amide bonds. The summed E-state index contributed by atoms with van der Waals surface area (Å²) in [4.78, 5) is 4.41. The van der Waals surface area contributed by atoms with Crippen molar-refractivity contribution in [3.8, 4) is 0 Å². The summed E-state index contributed by atoms with van der Waals surface area (Å²) in [6.45, 7) is 0. The van der Waals surface area contributed by atoms with Crippen LogP contribution in [0.3, 0.4) is 0 Å². The van der Waals surface area contributed by atoms with E-state index < -0.39 is 0 Å². The summed E-state index contributed by atoms with van der Waals surface area (Å²) < 4.78 is 0. The minimum atomic E-state index is 0.506. The maximum absolute atomic E-state index is 4.41. The first kappa shape index (κ1) is 9.79. The Hall–Kier alpha value is -1.41. The van der Waals surface area contributed by atoms with Gasteiger partial charge in [-0.2, -0.15) is 0 Å². The second-order valence-corrected chi connectivity index (χ2v) is 4.56. The highest BCUT2D eigenvalue weighted by Gasteiger charge is 2.31. The summed E-state index contributed by atoms with van der Waals surface area (Å²) in [5.41, 5.74) is 2.47. The molecule has 1 heterocycles. The van der Waals surface area contributed by atoms with Crippen LogP contribution in [0.2, 0.25) is 0 Å². The van der Waals surface area contributed by atoms with Gasteiger partial charge in [0.15, 0.2) is 0 Å². The van der Waals surface area contributed by atoms with Crippen molar-refractivity contribution >= 4 is 10.9 Å². The highest BCUT2D eigenvalue weighted by atomic mass is 14.9. The van der Waals surface area contributed by atoms with Crippen LogP contribution in [-0.2, 0) is 0 Å². The van der Waals surface area contributed by atoms with Crippen LogP contribution in [0, 0.1) is 5.92 Å². The van der Waals surface area contributed by atoms with Crippen molar-refractivity contribution in [3.63, 3.8) is 0 Å². The molecule has 1 aliphatic carbocycles. The topological polar surface area (TPSA) is 24.9 Å². The standard InChI is InChI=1S/C14H16N2/c1-15-14(11-5-6-11)12-7-4-10-3-2-8-16-13(10)9-12/h2-4,7-9,11,14-15H,5-6H2,1H3. The molecule has 0 saturated heterocycles. The van der Waals surface area contributed by atoms with Gasteiger partial charge in [0.2, 0.25) is 0 Å². The Morgan fingerprint density at radius 1 is 1.31 bits per heavy atom. The first-order valence-electron chi connectivity index (χ1n) is 5.90. The lowest BCUT2D eigenvalue weighted by Crippen LogP contribution is -2.18. The molecule has 1 atom stereocenters. The smallest absolute Gasteiger partial charge is 0.0705 e. The largest absolute Gasteiger partial charge is 0.313 e. The van der Waals surface area contributed by atoms with Gasteiger partial charge < -0.3 is 5.32 Å². The van der Waals surface area contributed by atoms with Gasteiger partial charge in [0, 0.05) is 17.6 Å². The molecule has 1 unspecified atom stereocenters. The Morgan fingerprint density at radius 3 is 2.94 bits per heavy atom. The van der Waals surface area contributed by atoms with Crippen molar-refractivity contribution in [1.29, 1.82) is 0 Å². The normalized spacial score (nSPS) is 17.6. The minimum Gasteiger partial charge on any atom is -0.313 e. The van der Waals surface area contributed by atoms with Crippen LogP contribution in [0.1, 0.15) is 24.4 Å². The second kappa shape index (κ2) is 3.87. The molecule has 0 spiro atoms. The van der Waals surface area contributed by atoms with Gasteiger partial charge in [-0.3, -0.25) is 4.98 Å². The molecule has 1 fully saturated rings. The fourth-order valence-corrected chi connectivity index (χ4v) is 2.38. The zero-order valence-corrected chi connectivity index (χ0v) is 9.48. The van der Waals surface area contributed by atoms with Crippen LogP contribution in [0.15, 0.2) is 36.5 Å². The number of hydrogen-bond donors (Lipinski definition) is 1. The van der Waals surface area contributed by atoms with E-state index in [2.05, 4.69) is 34.6 Å². The SMILES string of the molecule is CNC(c1ccc2cccnc2c1)C1CC1. The van der Waals surface area contributed by atoms with Gasteiger partial charge in [0.05, 0.1) is 5.52 Å². The molecule has 1 aromatic heterocycles. The molecule has 1 aliphatic rings. The highest BCUT2D eigenvalue weighted by Crippen LogP contribution is 2.41. The monoisotopic (exact) mass is 212 g/mol. The van der Waals surface area contributed by atoms with Crippen LogP contribution < -0.4 is 5.32 Å². The zero-order chi connectivity index (χ0) is 11.0. The van der Waals surface area contributed by atoms with E-state index in [4.69, 9.17) is 0 Å². The first-order chi connectivity index (χ1) is 7.88. The molecule has 16 heavy (non-hydrogen) atoms. The molecular formula is C14H16N2. The lowest BCUT2D eigenvalue weighted by atomic mass is 10.0. The molecule has 3 rings (SSSR count). The molecule has 0 radical (unpaired) electrons. The summed E-state index contributed by atoms with van der Waals surface area (Å²) in [6.07, 6.45) is 4.56. The molecule has 0 bridgehead atoms. The van der Waals surface area contributed by atoms with Gasteiger partial charge in [-0.25, -0.2) is 0 Å². The van der Waals surface area contributed by atoms with E-state index in [-0.39, 0.29) is 0 Å². The molecule has 0 aliphatic heterocycles. The van der Waals surface area contributed by atoms with Crippen LogP contribution in [0.25, 0.3) is 10.9 Å². The maximum Gasteiger partial charge on any atom is 0.0705 e. The Labute approximate surface area is 95.7 Å². The number of pyridine rings is 1. The van der Waals surface area contributed by atoms with Gasteiger partial charge in [-0.05, 0) is 43.5 Å². The number of rotatable bonds is 3. The van der Waals surface area contributed by atoms with Crippen molar-refractivity contribution in [2.75, 3.05) is 7.05 Å². The number of nitrogens with one attached hydrogen (secondary N) is 1. The molecule has 1 N–H and O–H groups in total. The van der Waals surface area contributed by atoms with E-state index >= 15 is 0 Å².